The first-order chi connectivity index (χ1) is 12.2. The zero-order valence-electron chi connectivity index (χ0n) is 13.7. The molecule has 0 saturated carbocycles. The third-order valence-corrected chi connectivity index (χ3v) is 4.52. The SMILES string of the molecule is CCOC(=O)COc1cccc(NC(=O)c2cc3ccccc3s2)c1. The maximum atomic E-state index is 12.4. The van der Waals surface area contributed by atoms with Crippen LogP contribution in [0.25, 0.3) is 10.1 Å². The van der Waals surface area contributed by atoms with Crippen molar-refractivity contribution in [2.24, 2.45) is 0 Å². The van der Waals surface area contributed by atoms with Gasteiger partial charge in [-0.05, 0) is 36.6 Å². The van der Waals surface area contributed by atoms with Gasteiger partial charge in [0.1, 0.15) is 5.75 Å². The van der Waals surface area contributed by atoms with Crippen LogP contribution in [0, 0.1) is 0 Å². The molecule has 0 aliphatic heterocycles. The van der Waals surface area contributed by atoms with Crippen LogP contribution in [0.1, 0.15) is 16.6 Å². The van der Waals surface area contributed by atoms with Crippen molar-refractivity contribution >= 4 is 39.0 Å². The molecule has 1 heterocycles. The summed E-state index contributed by atoms with van der Waals surface area (Å²) in [7, 11) is 0. The number of amides is 1. The molecule has 0 unspecified atom stereocenters. The largest absolute Gasteiger partial charge is 0.482 e. The molecule has 1 N–H and O–H groups in total. The first-order valence-electron chi connectivity index (χ1n) is 7.84. The van der Waals surface area contributed by atoms with E-state index in [1.807, 2.05) is 30.3 Å². The molecule has 0 spiro atoms. The van der Waals surface area contributed by atoms with Crippen molar-refractivity contribution in [2.45, 2.75) is 6.92 Å². The van der Waals surface area contributed by atoms with Crippen LogP contribution in [0.2, 0.25) is 0 Å². The van der Waals surface area contributed by atoms with Gasteiger partial charge in [-0.1, -0.05) is 24.3 Å². The van der Waals surface area contributed by atoms with E-state index < -0.39 is 5.97 Å². The van der Waals surface area contributed by atoms with Crippen molar-refractivity contribution < 1.29 is 19.1 Å². The molecule has 1 amide bonds. The summed E-state index contributed by atoms with van der Waals surface area (Å²) < 4.78 is 11.3. The highest BCUT2D eigenvalue weighted by molar-refractivity contribution is 7.20. The predicted molar refractivity (Wildman–Crippen MR) is 98.3 cm³/mol. The van der Waals surface area contributed by atoms with Crippen molar-refractivity contribution in [3.63, 3.8) is 0 Å². The molecule has 3 aromatic rings. The fourth-order valence-corrected chi connectivity index (χ4v) is 3.25. The van der Waals surface area contributed by atoms with E-state index in [1.54, 1.807) is 31.2 Å². The summed E-state index contributed by atoms with van der Waals surface area (Å²) in [5, 5.41) is 3.89. The fraction of sp³-hybridized carbons (Fsp3) is 0.158. The minimum absolute atomic E-state index is 0.165. The summed E-state index contributed by atoms with van der Waals surface area (Å²) in [6, 6.07) is 16.6. The van der Waals surface area contributed by atoms with Crippen molar-refractivity contribution in [3.8, 4) is 5.75 Å². The number of esters is 1. The summed E-state index contributed by atoms with van der Waals surface area (Å²) in [5.41, 5.74) is 0.601. The third-order valence-electron chi connectivity index (χ3n) is 3.40. The minimum Gasteiger partial charge on any atom is -0.482 e. The Balaban J connectivity index is 1.66. The van der Waals surface area contributed by atoms with Gasteiger partial charge in [-0.3, -0.25) is 4.79 Å². The zero-order chi connectivity index (χ0) is 17.6. The summed E-state index contributed by atoms with van der Waals surface area (Å²) in [5.74, 6) is -0.117. The normalized spacial score (nSPS) is 10.4. The number of anilines is 1. The van der Waals surface area contributed by atoms with E-state index in [1.165, 1.54) is 11.3 Å². The monoisotopic (exact) mass is 355 g/mol. The van der Waals surface area contributed by atoms with Crippen LogP contribution in [0.4, 0.5) is 5.69 Å². The number of thiophene rings is 1. The van der Waals surface area contributed by atoms with E-state index in [9.17, 15) is 9.59 Å². The lowest BCUT2D eigenvalue weighted by Gasteiger charge is -2.08. The van der Waals surface area contributed by atoms with Gasteiger partial charge in [-0.25, -0.2) is 4.79 Å². The van der Waals surface area contributed by atoms with Gasteiger partial charge in [0.25, 0.3) is 5.91 Å². The summed E-state index contributed by atoms with van der Waals surface area (Å²) in [6.45, 7) is 1.89. The summed E-state index contributed by atoms with van der Waals surface area (Å²) in [6.07, 6.45) is 0. The summed E-state index contributed by atoms with van der Waals surface area (Å²) in [4.78, 5) is 24.4. The first kappa shape index (κ1) is 17.0. The third kappa shape index (κ3) is 4.36. The number of carbonyl (C=O) groups excluding carboxylic acids is 2. The molecule has 25 heavy (non-hydrogen) atoms. The second-order valence-corrected chi connectivity index (χ2v) is 6.31. The molecule has 128 valence electrons. The molecular weight excluding hydrogens is 338 g/mol. The summed E-state index contributed by atoms with van der Waals surface area (Å²) >= 11 is 1.44. The van der Waals surface area contributed by atoms with E-state index >= 15 is 0 Å². The molecule has 0 bridgehead atoms. The van der Waals surface area contributed by atoms with Gasteiger partial charge in [0.15, 0.2) is 6.61 Å². The number of nitrogens with one attached hydrogen (secondary N) is 1. The first-order valence-corrected chi connectivity index (χ1v) is 8.66. The molecule has 0 radical (unpaired) electrons. The molecule has 6 heteroatoms. The van der Waals surface area contributed by atoms with Crippen LogP contribution in [0.3, 0.4) is 0 Å². The lowest BCUT2D eigenvalue weighted by molar-refractivity contribution is -0.145. The van der Waals surface area contributed by atoms with Gasteiger partial charge in [-0.15, -0.1) is 11.3 Å². The van der Waals surface area contributed by atoms with Gasteiger partial charge in [0, 0.05) is 16.5 Å². The maximum Gasteiger partial charge on any atom is 0.344 e. The van der Waals surface area contributed by atoms with Gasteiger partial charge in [0.2, 0.25) is 0 Å². The van der Waals surface area contributed by atoms with Crippen molar-refractivity contribution in [2.75, 3.05) is 18.5 Å². The Labute approximate surface area is 149 Å². The standard InChI is InChI=1S/C19H17NO4S/c1-2-23-18(21)12-24-15-8-5-7-14(11-15)20-19(22)17-10-13-6-3-4-9-16(13)25-17/h3-11H,2,12H2,1H3,(H,20,22). The quantitative estimate of drug-likeness (QED) is 0.676. The topological polar surface area (TPSA) is 64.6 Å². The molecule has 0 fully saturated rings. The van der Waals surface area contributed by atoms with E-state index in [4.69, 9.17) is 9.47 Å². The number of ether oxygens (including phenoxy) is 2. The van der Waals surface area contributed by atoms with Crippen LogP contribution >= 0.6 is 11.3 Å². The molecule has 3 rings (SSSR count). The highest BCUT2D eigenvalue weighted by Gasteiger charge is 2.11. The number of carbonyl (C=O) groups is 2. The predicted octanol–water partition coefficient (Wildman–Crippen LogP) is 4.10. The highest BCUT2D eigenvalue weighted by Crippen LogP contribution is 2.26. The number of rotatable bonds is 6. The van der Waals surface area contributed by atoms with Gasteiger partial charge in [-0.2, -0.15) is 0 Å². The lowest BCUT2D eigenvalue weighted by Crippen LogP contribution is -2.15. The van der Waals surface area contributed by atoms with Gasteiger partial charge in [0.05, 0.1) is 11.5 Å². The molecule has 0 atom stereocenters. The Morgan fingerprint density at radius 2 is 1.92 bits per heavy atom. The number of hydrogen-bond acceptors (Lipinski definition) is 5. The van der Waals surface area contributed by atoms with Crippen molar-refractivity contribution in [1.82, 2.24) is 0 Å². The minimum atomic E-state index is -0.429. The van der Waals surface area contributed by atoms with Crippen molar-refractivity contribution in [1.29, 1.82) is 0 Å². The lowest BCUT2D eigenvalue weighted by atomic mass is 10.2. The smallest absolute Gasteiger partial charge is 0.344 e. The molecule has 2 aromatic carbocycles. The molecule has 1 aromatic heterocycles. The van der Waals surface area contributed by atoms with Gasteiger partial charge < -0.3 is 14.8 Å². The molecule has 5 nitrogen and oxygen atoms in total. The Morgan fingerprint density at radius 3 is 2.72 bits per heavy atom. The molecule has 0 saturated heterocycles. The van der Waals surface area contributed by atoms with Crippen LogP contribution in [-0.4, -0.2) is 25.1 Å². The van der Waals surface area contributed by atoms with Gasteiger partial charge >= 0.3 is 5.97 Å². The Hall–Kier alpha value is -2.86. The molecular formula is C19H17NO4S. The average Bonchev–Trinajstić information content (AvgIpc) is 3.05. The van der Waals surface area contributed by atoms with Crippen LogP contribution in [0.15, 0.2) is 54.6 Å². The Bertz CT molecular complexity index is 870. The van der Waals surface area contributed by atoms with Crippen molar-refractivity contribution in [3.05, 3.63) is 59.5 Å². The molecule has 0 aliphatic carbocycles. The second-order valence-electron chi connectivity index (χ2n) is 5.22. The Morgan fingerprint density at radius 1 is 1.08 bits per heavy atom. The van der Waals surface area contributed by atoms with E-state index in [0.717, 1.165) is 10.1 Å². The number of fused-ring (bicyclic) bond motifs is 1. The van der Waals surface area contributed by atoms with Crippen LogP contribution < -0.4 is 10.1 Å². The maximum absolute atomic E-state index is 12.4. The van der Waals surface area contributed by atoms with E-state index in [-0.39, 0.29) is 12.5 Å². The van der Waals surface area contributed by atoms with Crippen LogP contribution in [0.5, 0.6) is 5.75 Å². The highest BCUT2D eigenvalue weighted by atomic mass is 32.1. The average molecular weight is 355 g/mol. The number of benzene rings is 2. The molecule has 0 aliphatic rings. The second kappa shape index (κ2) is 7.81. The number of hydrogen-bond donors (Lipinski definition) is 1. The zero-order valence-corrected chi connectivity index (χ0v) is 14.5. The fourth-order valence-electron chi connectivity index (χ4n) is 2.30. The van der Waals surface area contributed by atoms with Crippen LogP contribution in [-0.2, 0) is 9.53 Å². The van der Waals surface area contributed by atoms with E-state index in [0.29, 0.717) is 22.9 Å². The Kier molecular flexibility index (Phi) is 5.30. The van der Waals surface area contributed by atoms with E-state index in [2.05, 4.69) is 5.32 Å².